The Morgan fingerprint density at radius 1 is 1.33 bits per heavy atom. The molecule has 1 rings (SSSR count). The lowest BCUT2D eigenvalue weighted by molar-refractivity contribution is 0.0133. The van der Waals surface area contributed by atoms with Gasteiger partial charge >= 0.3 is 0 Å². The van der Waals surface area contributed by atoms with Crippen LogP contribution in [0, 0.1) is 5.92 Å². The van der Waals surface area contributed by atoms with Crippen LogP contribution in [0.1, 0.15) is 39.0 Å². The van der Waals surface area contributed by atoms with Crippen LogP contribution in [0.3, 0.4) is 0 Å². The quantitative estimate of drug-likeness (QED) is 0.706. The van der Waals surface area contributed by atoms with E-state index in [0.717, 1.165) is 18.9 Å². The number of rotatable bonds is 6. The Bertz CT molecular complexity index is 152. The maximum absolute atomic E-state index is 8.98. The largest absolute Gasteiger partial charge is 0.395 e. The summed E-state index contributed by atoms with van der Waals surface area (Å²) < 4.78 is 5.81. The van der Waals surface area contributed by atoms with Crippen LogP contribution < -0.4 is 5.32 Å². The van der Waals surface area contributed by atoms with Gasteiger partial charge in [-0.15, -0.1) is 0 Å². The van der Waals surface area contributed by atoms with E-state index in [1.54, 1.807) is 0 Å². The molecule has 0 radical (unpaired) electrons. The summed E-state index contributed by atoms with van der Waals surface area (Å²) in [5.41, 5.74) is 0. The molecule has 0 amide bonds. The minimum atomic E-state index is 0.188. The third-order valence-corrected chi connectivity index (χ3v) is 3.41. The number of likely N-dealkylation sites (N-methyl/N-ethyl adjacent to an activating group) is 1. The molecule has 0 aromatic carbocycles. The lowest BCUT2D eigenvalue weighted by atomic mass is 9.89. The van der Waals surface area contributed by atoms with E-state index in [0.29, 0.717) is 6.10 Å². The second-order valence-electron chi connectivity index (χ2n) is 4.71. The van der Waals surface area contributed by atoms with E-state index in [1.165, 1.54) is 25.7 Å². The molecule has 0 bridgehead atoms. The molecule has 0 heterocycles. The SMILES string of the molecule is CNC(CO)CCOC1CCC(C)CC1. The van der Waals surface area contributed by atoms with Crippen LogP contribution in [-0.2, 0) is 4.74 Å². The van der Waals surface area contributed by atoms with Crippen molar-refractivity contribution in [1.29, 1.82) is 0 Å². The number of aliphatic hydroxyl groups excluding tert-OH is 1. The monoisotopic (exact) mass is 215 g/mol. The van der Waals surface area contributed by atoms with Gasteiger partial charge in [0.05, 0.1) is 12.7 Å². The topological polar surface area (TPSA) is 41.5 Å². The maximum atomic E-state index is 8.98. The van der Waals surface area contributed by atoms with Crippen LogP contribution in [0.4, 0.5) is 0 Å². The summed E-state index contributed by atoms with van der Waals surface area (Å²) >= 11 is 0. The van der Waals surface area contributed by atoms with Gasteiger partial charge < -0.3 is 15.2 Å². The molecule has 1 saturated carbocycles. The molecule has 0 saturated heterocycles. The van der Waals surface area contributed by atoms with Gasteiger partial charge in [0.1, 0.15) is 0 Å². The number of nitrogens with one attached hydrogen (secondary N) is 1. The van der Waals surface area contributed by atoms with Gasteiger partial charge in [-0.2, -0.15) is 0 Å². The van der Waals surface area contributed by atoms with Crippen molar-refractivity contribution in [3.05, 3.63) is 0 Å². The van der Waals surface area contributed by atoms with Crippen molar-refractivity contribution in [2.45, 2.75) is 51.2 Å². The van der Waals surface area contributed by atoms with E-state index >= 15 is 0 Å². The highest BCUT2D eigenvalue weighted by atomic mass is 16.5. The number of hydrogen-bond acceptors (Lipinski definition) is 3. The van der Waals surface area contributed by atoms with Gasteiger partial charge in [-0.05, 0) is 45.1 Å². The average Bonchev–Trinajstić information content (AvgIpc) is 2.27. The highest BCUT2D eigenvalue weighted by molar-refractivity contribution is 4.70. The van der Waals surface area contributed by atoms with Crippen LogP contribution in [0.25, 0.3) is 0 Å². The molecule has 1 atom stereocenters. The van der Waals surface area contributed by atoms with Crippen molar-refractivity contribution in [3.8, 4) is 0 Å². The molecule has 3 heteroatoms. The van der Waals surface area contributed by atoms with Gasteiger partial charge in [-0.25, -0.2) is 0 Å². The molecule has 0 aromatic heterocycles. The Morgan fingerprint density at radius 2 is 2.00 bits per heavy atom. The first-order chi connectivity index (χ1) is 7.26. The van der Waals surface area contributed by atoms with Crippen LogP contribution >= 0.6 is 0 Å². The predicted octanol–water partition coefficient (Wildman–Crippen LogP) is 1.55. The molecular weight excluding hydrogens is 190 g/mol. The second kappa shape index (κ2) is 7.20. The Morgan fingerprint density at radius 3 is 2.53 bits per heavy atom. The molecule has 2 N–H and O–H groups in total. The normalized spacial score (nSPS) is 29.0. The summed E-state index contributed by atoms with van der Waals surface area (Å²) in [6.45, 7) is 3.28. The van der Waals surface area contributed by atoms with Gasteiger partial charge in [0.2, 0.25) is 0 Å². The van der Waals surface area contributed by atoms with E-state index in [1.807, 2.05) is 7.05 Å². The summed E-state index contributed by atoms with van der Waals surface area (Å²) in [6.07, 6.45) is 6.41. The van der Waals surface area contributed by atoms with Crippen molar-refractivity contribution in [2.75, 3.05) is 20.3 Å². The summed E-state index contributed by atoms with van der Waals surface area (Å²) in [7, 11) is 1.88. The lowest BCUT2D eigenvalue weighted by Crippen LogP contribution is -2.31. The molecule has 3 nitrogen and oxygen atoms in total. The van der Waals surface area contributed by atoms with E-state index in [2.05, 4.69) is 12.2 Å². The van der Waals surface area contributed by atoms with Crippen LogP contribution in [-0.4, -0.2) is 37.5 Å². The van der Waals surface area contributed by atoms with E-state index < -0.39 is 0 Å². The molecular formula is C12H25NO2. The molecule has 0 aliphatic heterocycles. The first kappa shape index (κ1) is 12.9. The summed E-state index contributed by atoms with van der Waals surface area (Å²) in [5.74, 6) is 0.882. The zero-order valence-electron chi connectivity index (χ0n) is 10.0. The molecule has 1 aliphatic carbocycles. The third kappa shape index (κ3) is 4.96. The molecule has 15 heavy (non-hydrogen) atoms. The van der Waals surface area contributed by atoms with Crippen molar-refractivity contribution >= 4 is 0 Å². The molecule has 1 fully saturated rings. The lowest BCUT2D eigenvalue weighted by Gasteiger charge is -2.26. The summed E-state index contributed by atoms with van der Waals surface area (Å²) in [6, 6.07) is 0.188. The van der Waals surface area contributed by atoms with E-state index in [4.69, 9.17) is 9.84 Å². The highest BCUT2D eigenvalue weighted by Crippen LogP contribution is 2.25. The molecule has 0 spiro atoms. The zero-order chi connectivity index (χ0) is 11.1. The smallest absolute Gasteiger partial charge is 0.0585 e. The Hall–Kier alpha value is -0.120. The highest BCUT2D eigenvalue weighted by Gasteiger charge is 2.18. The zero-order valence-corrected chi connectivity index (χ0v) is 10.0. The van der Waals surface area contributed by atoms with Crippen LogP contribution in [0.5, 0.6) is 0 Å². The minimum absolute atomic E-state index is 0.188. The fourth-order valence-electron chi connectivity index (χ4n) is 2.10. The standard InChI is InChI=1S/C12H25NO2/c1-10-3-5-12(6-4-10)15-8-7-11(9-14)13-2/h10-14H,3-9H2,1-2H3. The summed E-state index contributed by atoms with van der Waals surface area (Å²) in [5, 5.41) is 12.0. The fraction of sp³-hybridized carbons (Fsp3) is 1.00. The minimum Gasteiger partial charge on any atom is -0.395 e. The van der Waals surface area contributed by atoms with Gasteiger partial charge in [0.25, 0.3) is 0 Å². The Labute approximate surface area is 93.2 Å². The van der Waals surface area contributed by atoms with E-state index in [-0.39, 0.29) is 12.6 Å². The van der Waals surface area contributed by atoms with Crippen molar-refractivity contribution in [2.24, 2.45) is 5.92 Å². The maximum Gasteiger partial charge on any atom is 0.0585 e. The number of aliphatic hydroxyl groups is 1. The molecule has 0 aromatic rings. The van der Waals surface area contributed by atoms with Crippen LogP contribution in [0.2, 0.25) is 0 Å². The van der Waals surface area contributed by atoms with Gasteiger partial charge in [-0.3, -0.25) is 0 Å². The van der Waals surface area contributed by atoms with Crippen molar-refractivity contribution in [1.82, 2.24) is 5.32 Å². The fourth-order valence-corrected chi connectivity index (χ4v) is 2.10. The molecule has 1 aliphatic rings. The van der Waals surface area contributed by atoms with Gasteiger partial charge in [-0.1, -0.05) is 6.92 Å². The first-order valence-electron chi connectivity index (χ1n) is 6.16. The van der Waals surface area contributed by atoms with E-state index in [9.17, 15) is 0 Å². The number of hydrogen-bond donors (Lipinski definition) is 2. The van der Waals surface area contributed by atoms with Gasteiger partial charge in [0, 0.05) is 12.6 Å². The van der Waals surface area contributed by atoms with Gasteiger partial charge in [0.15, 0.2) is 0 Å². The van der Waals surface area contributed by atoms with Crippen LogP contribution in [0.15, 0.2) is 0 Å². The average molecular weight is 215 g/mol. The Balaban J connectivity index is 2.04. The third-order valence-electron chi connectivity index (χ3n) is 3.41. The first-order valence-corrected chi connectivity index (χ1v) is 6.16. The second-order valence-corrected chi connectivity index (χ2v) is 4.71. The molecule has 1 unspecified atom stereocenters. The predicted molar refractivity (Wildman–Crippen MR) is 61.9 cm³/mol. The van der Waals surface area contributed by atoms with Crippen molar-refractivity contribution < 1.29 is 9.84 Å². The molecule has 90 valence electrons. The number of ether oxygens (including phenoxy) is 1. The van der Waals surface area contributed by atoms with Crippen molar-refractivity contribution in [3.63, 3.8) is 0 Å². The summed E-state index contributed by atoms with van der Waals surface area (Å²) in [4.78, 5) is 0. The Kier molecular flexibility index (Phi) is 6.22.